The Labute approximate surface area is 189 Å². The number of benzene rings is 2. The first kappa shape index (κ1) is 24.6. The lowest BCUT2D eigenvalue weighted by molar-refractivity contribution is -0.117. The number of rotatable bonds is 12. The molecule has 0 saturated heterocycles. The highest BCUT2D eigenvalue weighted by Crippen LogP contribution is 2.30. The van der Waals surface area contributed by atoms with Crippen LogP contribution in [0.3, 0.4) is 0 Å². The first-order valence-electron chi connectivity index (χ1n) is 10.6. The van der Waals surface area contributed by atoms with Crippen LogP contribution in [0.25, 0.3) is 6.08 Å². The van der Waals surface area contributed by atoms with Crippen molar-refractivity contribution in [3.05, 3.63) is 53.1 Å². The lowest BCUT2D eigenvalue weighted by atomic mass is 10.1. The van der Waals surface area contributed by atoms with Gasteiger partial charge in [-0.3, -0.25) is 4.79 Å². The second kappa shape index (κ2) is 12.9. The standard InChI is InChI=1S/C25H30N2O5/c1-5-13-32-22-10-8-19(16-24(22)31-6-2)14-20(17-26)25(28)27-12-11-18-7-9-21(29-3)23(15-18)30-4/h7-10,14-16H,5-6,11-13H2,1-4H3,(H,27,28). The van der Waals surface area contributed by atoms with Gasteiger partial charge in [0.15, 0.2) is 23.0 Å². The minimum atomic E-state index is -0.433. The Bertz CT molecular complexity index is 979. The maximum atomic E-state index is 12.5. The average molecular weight is 439 g/mol. The van der Waals surface area contributed by atoms with E-state index in [4.69, 9.17) is 18.9 Å². The van der Waals surface area contributed by atoms with Crippen LogP contribution in [0.1, 0.15) is 31.4 Å². The number of amides is 1. The van der Waals surface area contributed by atoms with E-state index in [1.54, 1.807) is 32.4 Å². The quantitative estimate of drug-likeness (QED) is 0.395. The fourth-order valence-electron chi connectivity index (χ4n) is 2.98. The van der Waals surface area contributed by atoms with Crippen molar-refractivity contribution >= 4 is 12.0 Å². The molecule has 0 atom stereocenters. The van der Waals surface area contributed by atoms with Crippen LogP contribution in [0, 0.1) is 11.3 Å². The highest BCUT2D eigenvalue weighted by molar-refractivity contribution is 6.01. The Kier molecular flexibility index (Phi) is 9.92. The van der Waals surface area contributed by atoms with Gasteiger partial charge in [0.1, 0.15) is 11.6 Å². The van der Waals surface area contributed by atoms with Crippen LogP contribution < -0.4 is 24.3 Å². The second-order valence-electron chi connectivity index (χ2n) is 6.85. The first-order valence-corrected chi connectivity index (χ1v) is 10.6. The van der Waals surface area contributed by atoms with Gasteiger partial charge < -0.3 is 24.3 Å². The second-order valence-corrected chi connectivity index (χ2v) is 6.85. The van der Waals surface area contributed by atoms with E-state index in [-0.39, 0.29) is 5.57 Å². The summed E-state index contributed by atoms with van der Waals surface area (Å²) in [6, 6.07) is 12.9. The van der Waals surface area contributed by atoms with E-state index in [9.17, 15) is 10.1 Å². The third kappa shape index (κ3) is 6.95. The maximum absolute atomic E-state index is 12.5. The number of hydrogen-bond acceptors (Lipinski definition) is 6. The molecule has 1 N–H and O–H groups in total. The van der Waals surface area contributed by atoms with Crippen LogP contribution in [0.2, 0.25) is 0 Å². The smallest absolute Gasteiger partial charge is 0.261 e. The molecule has 32 heavy (non-hydrogen) atoms. The molecule has 0 fully saturated rings. The summed E-state index contributed by atoms with van der Waals surface area (Å²) in [5.41, 5.74) is 1.68. The van der Waals surface area contributed by atoms with Crippen molar-refractivity contribution < 1.29 is 23.7 Å². The molecule has 0 saturated carbocycles. The number of methoxy groups -OCH3 is 2. The molecule has 0 heterocycles. The topological polar surface area (TPSA) is 89.8 Å². The molecular formula is C25H30N2O5. The lowest BCUT2D eigenvalue weighted by Crippen LogP contribution is -2.26. The van der Waals surface area contributed by atoms with Crippen LogP contribution >= 0.6 is 0 Å². The lowest BCUT2D eigenvalue weighted by Gasteiger charge is -2.12. The number of nitrogens with zero attached hydrogens (tertiary/aromatic N) is 1. The Hall–Kier alpha value is -3.66. The number of hydrogen-bond donors (Lipinski definition) is 1. The van der Waals surface area contributed by atoms with Crippen molar-refractivity contribution in [1.82, 2.24) is 5.32 Å². The summed E-state index contributed by atoms with van der Waals surface area (Å²) in [6.07, 6.45) is 3.01. The van der Waals surface area contributed by atoms with Crippen LogP contribution in [-0.2, 0) is 11.2 Å². The fourth-order valence-corrected chi connectivity index (χ4v) is 2.98. The van der Waals surface area contributed by atoms with Crippen molar-refractivity contribution in [2.75, 3.05) is 34.0 Å². The third-order valence-electron chi connectivity index (χ3n) is 4.55. The van der Waals surface area contributed by atoms with Gasteiger partial charge in [-0.25, -0.2) is 0 Å². The van der Waals surface area contributed by atoms with Gasteiger partial charge in [-0.15, -0.1) is 0 Å². The SMILES string of the molecule is CCCOc1ccc(C=C(C#N)C(=O)NCCc2ccc(OC)c(OC)c2)cc1OCC. The molecular weight excluding hydrogens is 408 g/mol. The van der Waals surface area contributed by atoms with Gasteiger partial charge in [-0.05, 0) is 61.2 Å². The summed E-state index contributed by atoms with van der Waals surface area (Å²) in [6.45, 7) is 5.36. The van der Waals surface area contributed by atoms with E-state index >= 15 is 0 Å². The molecule has 7 heteroatoms. The number of carbonyl (C=O) groups excluding carboxylic acids is 1. The maximum Gasteiger partial charge on any atom is 0.261 e. The monoisotopic (exact) mass is 438 g/mol. The zero-order chi connectivity index (χ0) is 23.3. The van der Waals surface area contributed by atoms with E-state index in [1.165, 1.54) is 6.08 Å². The largest absolute Gasteiger partial charge is 0.493 e. The highest BCUT2D eigenvalue weighted by atomic mass is 16.5. The minimum absolute atomic E-state index is 0.0157. The molecule has 1 amide bonds. The van der Waals surface area contributed by atoms with Gasteiger partial charge in [0.05, 0.1) is 27.4 Å². The van der Waals surface area contributed by atoms with E-state index in [0.717, 1.165) is 12.0 Å². The summed E-state index contributed by atoms with van der Waals surface area (Å²) >= 11 is 0. The van der Waals surface area contributed by atoms with Crippen molar-refractivity contribution in [3.8, 4) is 29.1 Å². The molecule has 2 aromatic carbocycles. The summed E-state index contributed by atoms with van der Waals surface area (Å²) in [7, 11) is 3.16. The molecule has 0 radical (unpaired) electrons. The molecule has 0 aliphatic carbocycles. The van der Waals surface area contributed by atoms with Gasteiger partial charge in [-0.1, -0.05) is 19.1 Å². The van der Waals surface area contributed by atoms with Gasteiger partial charge in [0.25, 0.3) is 5.91 Å². The normalized spacial score (nSPS) is 10.8. The number of nitriles is 1. The summed E-state index contributed by atoms with van der Waals surface area (Å²) in [4.78, 5) is 12.5. The summed E-state index contributed by atoms with van der Waals surface area (Å²) < 4.78 is 21.9. The van der Waals surface area contributed by atoms with Crippen molar-refractivity contribution in [3.63, 3.8) is 0 Å². The average Bonchev–Trinajstić information content (AvgIpc) is 2.81. The Balaban J connectivity index is 2.05. The van der Waals surface area contributed by atoms with Crippen molar-refractivity contribution in [2.24, 2.45) is 0 Å². The molecule has 2 rings (SSSR count). The van der Waals surface area contributed by atoms with Crippen LogP contribution in [0.5, 0.6) is 23.0 Å². The molecule has 7 nitrogen and oxygen atoms in total. The van der Waals surface area contributed by atoms with Crippen LogP contribution in [0.4, 0.5) is 0 Å². The van der Waals surface area contributed by atoms with E-state index in [1.807, 2.05) is 38.1 Å². The summed E-state index contributed by atoms with van der Waals surface area (Å²) in [5, 5.41) is 12.3. The van der Waals surface area contributed by atoms with E-state index in [2.05, 4.69) is 5.32 Å². The molecule has 2 aromatic rings. The highest BCUT2D eigenvalue weighted by Gasteiger charge is 2.11. The van der Waals surface area contributed by atoms with E-state index in [0.29, 0.717) is 54.7 Å². The Morgan fingerprint density at radius 2 is 1.75 bits per heavy atom. The van der Waals surface area contributed by atoms with Crippen LogP contribution in [-0.4, -0.2) is 39.9 Å². The predicted molar refractivity (Wildman–Crippen MR) is 123 cm³/mol. The number of ether oxygens (including phenoxy) is 4. The fraction of sp³-hybridized carbons (Fsp3) is 0.360. The van der Waals surface area contributed by atoms with E-state index < -0.39 is 5.91 Å². The Morgan fingerprint density at radius 1 is 1.00 bits per heavy atom. The zero-order valence-corrected chi connectivity index (χ0v) is 19.1. The molecule has 0 unspecified atom stereocenters. The van der Waals surface area contributed by atoms with Gasteiger partial charge in [0.2, 0.25) is 0 Å². The molecule has 0 aliphatic rings. The van der Waals surface area contributed by atoms with Gasteiger partial charge >= 0.3 is 0 Å². The molecule has 0 bridgehead atoms. The molecule has 0 aromatic heterocycles. The molecule has 170 valence electrons. The van der Waals surface area contributed by atoms with Gasteiger partial charge in [-0.2, -0.15) is 5.26 Å². The predicted octanol–water partition coefficient (Wildman–Crippen LogP) is 4.16. The first-order chi connectivity index (χ1) is 15.6. The summed E-state index contributed by atoms with van der Waals surface area (Å²) in [5.74, 6) is 2.07. The Morgan fingerprint density at radius 3 is 2.41 bits per heavy atom. The van der Waals surface area contributed by atoms with Crippen molar-refractivity contribution in [2.45, 2.75) is 26.7 Å². The third-order valence-corrected chi connectivity index (χ3v) is 4.55. The number of nitrogens with one attached hydrogen (secondary N) is 1. The number of carbonyl (C=O) groups is 1. The zero-order valence-electron chi connectivity index (χ0n) is 19.1. The van der Waals surface area contributed by atoms with Crippen molar-refractivity contribution in [1.29, 1.82) is 5.26 Å². The minimum Gasteiger partial charge on any atom is -0.493 e. The van der Waals surface area contributed by atoms with Gasteiger partial charge in [0, 0.05) is 6.54 Å². The van der Waals surface area contributed by atoms with Crippen LogP contribution in [0.15, 0.2) is 42.0 Å². The molecule has 0 aliphatic heterocycles. The molecule has 0 spiro atoms.